The van der Waals surface area contributed by atoms with Crippen molar-refractivity contribution in [2.75, 3.05) is 33.3 Å². The molecule has 104 valence electrons. The van der Waals surface area contributed by atoms with E-state index in [4.69, 9.17) is 4.74 Å². The van der Waals surface area contributed by atoms with E-state index in [1.54, 1.807) is 13.2 Å². The molecule has 2 N–H and O–H groups in total. The van der Waals surface area contributed by atoms with Gasteiger partial charge in [0, 0.05) is 32.2 Å². The van der Waals surface area contributed by atoms with Crippen molar-refractivity contribution in [3.8, 4) is 11.5 Å². The third-order valence-corrected chi connectivity index (χ3v) is 3.57. The van der Waals surface area contributed by atoms with E-state index in [0.717, 1.165) is 38.2 Å². The van der Waals surface area contributed by atoms with Gasteiger partial charge in [0.25, 0.3) is 0 Å². The van der Waals surface area contributed by atoms with E-state index in [-0.39, 0.29) is 11.8 Å². The SMILES string of the molecule is C=CC[C@H](c1ccc(OC)c(O)c1)N1CCNCC1. The van der Waals surface area contributed by atoms with Gasteiger partial charge >= 0.3 is 0 Å². The molecule has 19 heavy (non-hydrogen) atoms. The predicted molar refractivity (Wildman–Crippen MR) is 76.7 cm³/mol. The number of piperazine rings is 1. The minimum atomic E-state index is 0.198. The lowest BCUT2D eigenvalue weighted by molar-refractivity contribution is 0.174. The van der Waals surface area contributed by atoms with Gasteiger partial charge in [-0.3, -0.25) is 4.90 Å². The average Bonchev–Trinajstić information content (AvgIpc) is 2.45. The number of hydrogen-bond donors (Lipinski definition) is 2. The van der Waals surface area contributed by atoms with Crippen LogP contribution in [0.3, 0.4) is 0 Å². The molecule has 4 nitrogen and oxygen atoms in total. The first-order chi connectivity index (χ1) is 9.26. The molecule has 0 saturated carbocycles. The maximum atomic E-state index is 9.93. The average molecular weight is 262 g/mol. The van der Waals surface area contributed by atoms with Crippen molar-refractivity contribution in [2.45, 2.75) is 12.5 Å². The Balaban J connectivity index is 2.22. The molecule has 1 saturated heterocycles. The zero-order valence-electron chi connectivity index (χ0n) is 11.4. The minimum absolute atomic E-state index is 0.198. The lowest BCUT2D eigenvalue weighted by Crippen LogP contribution is -2.45. The van der Waals surface area contributed by atoms with Crippen LogP contribution in [0, 0.1) is 0 Å². The molecule has 1 fully saturated rings. The lowest BCUT2D eigenvalue weighted by Gasteiger charge is -2.35. The van der Waals surface area contributed by atoms with Gasteiger partial charge in [-0.15, -0.1) is 6.58 Å². The molecule has 1 aromatic rings. The molecule has 0 aliphatic carbocycles. The van der Waals surface area contributed by atoms with Gasteiger partial charge in [0.2, 0.25) is 0 Å². The maximum absolute atomic E-state index is 9.93. The van der Waals surface area contributed by atoms with E-state index in [0.29, 0.717) is 5.75 Å². The Bertz CT molecular complexity index is 428. The van der Waals surface area contributed by atoms with Gasteiger partial charge in [-0.2, -0.15) is 0 Å². The number of nitrogens with one attached hydrogen (secondary N) is 1. The van der Waals surface area contributed by atoms with Gasteiger partial charge in [0.05, 0.1) is 7.11 Å². The summed E-state index contributed by atoms with van der Waals surface area (Å²) >= 11 is 0. The van der Waals surface area contributed by atoms with E-state index < -0.39 is 0 Å². The molecular weight excluding hydrogens is 240 g/mol. The highest BCUT2D eigenvalue weighted by Crippen LogP contribution is 2.32. The smallest absolute Gasteiger partial charge is 0.160 e. The van der Waals surface area contributed by atoms with Crippen molar-refractivity contribution in [3.63, 3.8) is 0 Å². The zero-order chi connectivity index (χ0) is 13.7. The first kappa shape index (κ1) is 13.9. The summed E-state index contributed by atoms with van der Waals surface area (Å²) in [5.74, 6) is 0.714. The summed E-state index contributed by atoms with van der Waals surface area (Å²) in [7, 11) is 1.56. The molecule has 1 atom stereocenters. The first-order valence-electron chi connectivity index (χ1n) is 6.69. The molecule has 0 unspecified atom stereocenters. The standard InChI is InChI=1S/C15H22N2O2/c1-3-4-13(17-9-7-16-8-10-17)12-5-6-15(19-2)14(18)11-12/h3,5-6,11,13,16,18H,1,4,7-10H2,2H3/t13-/m1/s1. The molecule has 1 aliphatic heterocycles. The summed E-state index contributed by atoms with van der Waals surface area (Å²) in [4.78, 5) is 2.43. The zero-order valence-corrected chi connectivity index (χ0v) is 11.4. The van der Waals surface area contributed by atoms with Crippen LogP contribution in [-0.4, -0.2) is 43.3 Å². The Morgan fingerprint density at radius 1 is 1.47 bits per heavy atom. The van der Waals surface area contributed by atoms with Crippen LogP contribution in [0.25, 0.3) is 0 Å². The molecule has 1 aliphatic rings. The van der Waals surface area contributed by atoms with E-state index in [2.05, 4.69) is 16.8 Å². The normalized spacial score (nSPS) is 17.9. The fraction of sp³-hybridized carbons (Fsp3) is 0.467. The van der Waals surface area contributed by atoms with Crippen LogP contribution in [0.5, 0.6) is 11.5 Å². The van der Waals surface area contributed by atoms with Crippen LogP contribution < -0.4 is 10.1 Å². The summed E-state index contributed by atoms with van der Waals surface area (Å²) in [6.45, 7) is 7.91. The first-order valence-corrected chi connectivity index (χ1v) is 6.69. The summed E-state index contributed by atoms with van der Waals surface area (Å²) in [5.41, 5.74) is 1.11. The Hall–Kier alpha value is -1.52. The van der Waals surface area contributed by atoms with E-state index in [1.807, 2.05) is 18.2 Å². The van der Waals surface area contributed by atoms with Crippen LogP contribution in [0.15, 0.2) is 30.9 Å². The van der Waals surface area contributed by atoms with Gasteiger partial charge in [-0.25, -0.2) is 0 Å². The topological polar surface area (TPSA) is 44.7 Å². The Kier molecular flexibility index (Phi) is 4.82. The number of benzene rings is 1. The van der Waals surface area contributed by atoms with Gasteiger partial charge in [0.1, 0.15) is 0 Å². The molecule has 1 aromatic carbocycles. The van der Waals surface area contributed by atoms with E-state index in [9.17, 15) is 5.11 Å². The summed E-state index contributed by atoms with van der Waals surface area (Å²) in [5, 5.41) is 13.3. The van der Waals surface area contributed by atoms with Gasteiger partial charge in [-0.05, 0) is 24.1 Å². The number of ether oxygens (including phenoxy) is 1. The highest BCUT2D eigenvalue weighted by molar-refractivity contribution is 5.42. The number of hydrogen-bond acceptors (Lipinski definition) is 4. The molecule has 2 rings (SSSR count). The van der Waals surface area contributed by atoms with Crippen molar-refractivity contribution < 1.29 is 9.84 Å². The van der Waals surface area contributed by atoms with Crippen LogP contribution in [-0.2, 0) is 0 Å². The van der Waals surface area contributed by atoms with Gasteiger partial charge in [0.15, 0.2) is 11.5 Å². The highest BCUT2D eigenvalue weighted by Gasteiger charge is 2.21. The van der Waals surface area contributed by atoms with Crippen molar-refractivity contribution in [3.05, 3.63) is 36.4 Å². The Labute approximate surface area is 114 Å². The Morgan fingerprint density at radius 3 is 2.79 bits per heavy atom. The monoisotopic (exact) mass is 262 g/mol. The Morgan fingerprint density at radius 2 is 2.21 bits per heavy atom. The second-order valence-electron chi connectivity index (χ2n) is 4.76. The number of nitrogens with zero attached hydrogens (tertiary/aromatic N) is 1. The molecule has 1 heterocycles. The molecule has 0 bridgehead atoms. The largest absolute Gasteiger partial charge is 0.504 e. The number of phenolic OH excluding ortho intramolecular Hbond substituents is 1. The van der Waals surface area contributed by atoms with Crippen LogP contribution >= 0.6 is 0 Å². The fourth-order valence-electron chi connectivity index (χ4n) is 2.56. The second kappa shape index (κ2) is 6.59. The third-order valence-electron chi connectivity index (χ3n) is 3.57. The fourth-order valence-corrected chi connectivity index (χ4v) is 2.56. The molecule has 0 radical (unpaired) electrons. The van der Waals surface area contributed by atoms with Crippen molar-refractivity contribution in [2.24, 2.45) is 0 Å². The maximum Gasteiger partial charge on any atom is 0.160 e. The third kappa shape index (κ3) is 3.28. The van der Waals surface area contributed by atoms with Crippen LogP contribution in [0.2, 0.25) is 0 Å². The molecule has 0 spiro atoms. The number of aromatic hydroxyl groups is 1. The van der Waals surface area contributed by atoms with Crippen LogP contribution in [0.1, 0.15) is 18.0 Å². The molecule has 4 heteroatoms. The number of methoxy groups -OCH3 is 1. The summed E-state index contributed by atoms with van der Waals surface area (Å²) in [6, 6.07) is 5.92. The number of phenols is 1. The predicted octanol–water partition coefficient (Wildman–Crippen LogP) is 1.92. The van der Waals surface area contributed by atoms with Crippen molar-refractivity contribution in [1.82, 2.24) is 10.2 Å². The number of rotatable bonds is 5. The van der Waals surface area contributed by atoms with E-state index >= 15 is 0 Å². The van der Waals surface area contributed by atoms with Gasteiger partial charge < -0.3 is 15.2 Å². The summed E-state index contributed by atoms with van der Waals surface area (Å²) in [6.07, 6.45) is 2.82. The summed E-state index contributed by atoms with van der Waals surface area (Å²) < 4.78 is 5.09. The second-order valence-corrected chi connectivity index (χ2v) is 4.76. The van der Waals surface area contributed by atoms with Crippen molar-refractivity contribution in [1.29, 1.82) is 0 Å². The molecule has 0 aromatic heterocycles. The van der Waals surface area contributed by atoms with E-state index in [1.165, 1.54) is 0 Å². The minimum Gasteiger partial charge on any atom is -0.504 e. The molecular formula is C15H22N2O2. The highest BCUT2D eigenvalue weighted by atomic mass is 16.5. The lowest BCUT2D eigenvalue weighted by atomic mass is 10.0. The van der Waals surface area contributed by atoms with Gasteiger partial charge in [-0.1, -0.05) is 12.1 Å². The van der Waals surface area contributed by atoms with Crippen LogP contribution in [0.4, 0.5) is 0 Å². The van der Waals surface area contributed by atoms with Crippen molar-refractivity contribution >= 4 is 0 Å². The quantitative estimate of drug-likeness (QED) is 0.796. The molecule has 0 amide bonds.